The van der Waals surface area contributed by atoms with E-state index in [1.165, 1.54) is 0 Å². The van der Waals surface area contributed by atoms with Gasteiger partial charge in [0.25, 0.3) is 0 Å². The second-order valence-corrected chi connectivity index (χ2v) is 6.76. The molecule has 8 heteroatoms. The summed E-state index contributed by atoms with van der Waals surface area (Å²) in [6, 6.07) is 0.0826. The smallest absolute Gasteiger partial charge is 0.213 e. The molecule has 0 radical (unpaired) electrons. The van der Waals surface area contributed by atoms with Gasteiger partial charge in [-0.25, -0.2) is 18.1 Å². The first kappa shape index (κ1) is 14.4. The van der Waals surface area contributed by atoms with Crippen molar-refractivity contribution in [1.82, 2.24) is 24.8 Å². The molecule has 1 aromatic heterocycles. The zero-order valence-corrected chi connectivity index (χ0v) is 12.0. The Morgan fingerprint density at radius 1 is 1.53 bits per heavy atom. The largest absolute Gasteiger partial charge is 0.313 e. The van der Waals surface area contributed by atoms with Crippen molar-refractivity contribution in [2.45, 2.75) is 31.7 Å². The fourth-order valence-electron chi connectivity index (χ4n) is 2.21. The lowest BCUT2D eigenvalue weighted by atomic mass is 10.1. The second kappa shape index (κ2) is 6.44. The quantitative estimate of drug-likeness (QED) is 0.731. The molecule has 1 aliphatic heterocycles. The van der Waals surface area contributed by atoms with Gasteiger partial charge in [0.1, 0.15) is 6.33 Å². The predicted molar refractivity (Wildman–Crippen MR) is 72.1 cm³/mol. The number of aryl methyl sites for hydroxylation is 1. The molecule has 19 heavy (non-hydrogen) atoms. The Bertz CT molecular complexity index is 493. The van der Waals surface area contributed by atoms with E-state index in [1.54, 1.807) is 18.1 Å². The molecule has 0 amide bonds. The van der Waals surface area contributed by atoms with Gasteiger partial charge in [-0.2, -0.15) is 5.10 Å². The number of sulfonamides is 1. The van der Waals surface area contributed by atoms with Crippen LogP contribution < -0.4 is 10.0 Å². The number of aromatic nitrogens is 3. The van der Waals surface area contributed by atoms with Gasteiger partial charge in [-0.3, -0.25) is 4.68 Å². The Balaban J connectivity index is 1.74. The lowest BCUT2D eigenvalue weighted by molar-refractivity contribution is 0.422. The summed E-state index contributed by atoms with van der Waals surface area (Å²) >= 11 is 0. The molecule has 1 unspecified atom stereocenters. The van der Waals surface area contributed by atoms with Crippen LogP contribution in [0.15, 0.2) is 6.33 Å². The highest BCUT2D eigenvalue weighted by Gasteiger charge is 2.20. The lowest BCUT2D eigenvalue weighted by Gasteiger charge is -2.23. The Morgan fingerprint density at radius 3 is 3.00 bits per heavy atom. The molecule has 1 saturated heterocycles. The van der Waals surface area contributed by atoms with Crippen molar-refractivity contribution in [1.29, 1.82) is 0 Å². The van der Waals surface area contributed by atoms with Gasteiger partial charge in [0, 0.05) is 26.1 Å². The van der Waals surface area contributed by atoms with Gasteiger partial charge in [-0.15, -0.1) is 0 Å². The molecule has 2 heterocycles. The van der Waals surface area contributed by atoms with Gasteiger partial charge in [0.2, 0.25) is 10.0 Å². The fourth-order valence-corrected chi connectivity index (χ4v) is 3.55. The van der Waals surface area contributed by atoms with Gasteiger partial charge in [0.05, 0.1) is 5.75 Å². The maximum atomic E-state index is 11.9. The van der Waals surface area contributed by atoms with Crippen molar-refractivity contribution >= 4 is 10.0 Å². The number of hydrogen-bond acceptors (Lipinski definition) is 5. The molecule has 0 saturated carbocycles. The van der Waals surface area contributed by atoms with E-state index in [4.69, 9.17) is 0 Å². The Labute approximate surface area is 113 Å². The van der Waals surface area contributed by atoms with E-state index >= 15 is 0 Å². The summed E-state index contributed by atoms with van der Waals surface area (Å²) in [5.74, 6) is 0.809. The third-order valence-electron chi connectivity index (χ3n) is 3.15. The number of piperidine rings is 1. The normalized spacial score (nSPS) is 20.6. The minimum atomic E-state index is -3.22. The third-order valence-corrected chi connectivity index (χ3v) is 4.64. The standard InChI is InChI=1S/C11H21N5O2S/c1-16-9-13-11(15-16)5-7-14-19(17,18)8-10-4-2-3-6-12-10/h9-10,12,14H,2-8H2,1H3. The molecule has 108 valence electrons. The fraction of sp³-hybridized carbons (Fsp3) is 0.818. The van der Waals surface area contributed by atoms with E-state index in [1.807, 2.05) is 0 Å². The molecule has 2 rings (SSSR count). The molecule has 1 atom stereocenters. The Morgan fingerprint density at radius 2 is 2.37 bits per heavy atom. The molecule has 0 aromatic carbocycles. The SMILES string of the molecule is Cn1cnc(CCNS(=O)(=O)CC2CCCCN2)n1. The summed E-state index contributed by atoms with van der Waals surface area (Å²) in [4.78, 5) is 4.06. The summed E-state index contributed by atoms with van der Waals surface area (Å²) in [6.07, 6.45) is 5.29. The van der Waals surface area contributed by atoms with Gasteiger partial charge in [-0.1, -0.05) is 6.42 Å². The predicted octanol–water partition coefficient (Wildman–Crippen LogP) is -0.581. The van der Waals surface area contributed by atoms with E-state index in [-0.39, 0.29) is 11.8 Å². The Hall–Kier alpha value is -0.990. The molecule has 1 aromatic rings. The maximum absolute atomic E-state index is 11.9. The van der Waals surface area contributed by atoms with Crippen LogP contribution in [0.2, 0.25) is 0 Å². The number of nitrogens with one attached hydrogen (secondary N) is 2. The minimum Gasteiger partial charge on any atom is -0.313 e. The lowest BCUT2D eigenvalue weighted by Crippen LogP contribution is -2.43. The first-order valence-corrected chi connectivity index (χ1v) is 8.26. The number of hydrogen-bond donors (Lipinski definition) is 2. The molecule has 0 bridgehead atoms. The second-order valence-electron chi connectivity index (χ2n) is 4.91. The first-order valence-electron chi connectivity index (χ1n) is 6.60. The summed E-state index contributed by atoms with van der Waals surface area (Å²) < 4.78 is 28.0. The van der Waals surface area contributed by atoms with Crippen LogP contribution in [-0.2, 0) is 23.5 Å². The van der Waals surface area contributed by atoms with Crippen molar-refractivity contribution in [2.75, 3.05) is 18.8 Å². The molecule has 0 spiro atoms. The van der Waals surface area contributed by atoms with Crippen molar-refractivity contribution in [3.8, 4) is 0 Å². The topological polar surface area (TPSA) is 88.9 Å². The zero-order valence-electron chi connectivity index (χ0n) is 11.2. The summed E-state index contributed by atoms with van der Waals surface area (Å²) in [5.41, 5.74) is 0. The van der Waals surface area contributed by atoms with Gasteiger partial charge in [-0.05, 0) is 19.4 Å². The van der Waals surface area contributed by atoms with Gasteiger partial charge < -0.3 is 5.32 Å². The highest BCUT2D eigenvalue weighted by molar-refractivity contribution is 7.89. The van der Waals surface area contributed by atoms with Crippen LogP contribution in [0.4, 0.5) is 0 Å². The average molecular weight is 287 g/mol. The van der Waals surface area contributed by atoms with Crippen molar-refractivity contribution in [2.24, 2.45) is 7.05 Å². The van der Waals surface area contributed by atoms with Crippen molar-refractivity contribution < 1.29 is 8.42 Å². The van der Waals surface area contributed by atoms with Gasteiger partial charge in [0.15, 0.2) is 5.82 Å². The van der Waals surface area contributed by atoms with Crippen LogP contribution in [0.1, 0.15) is 25.1 Å². The zero-order chi connectivity index (χ0) is 13.7. The van der Waals surface area contributed by atoms with Crippen molar-refractivity contribution in [3.05, 3.63) is 12.2 Å². The number of rotatable bonds is 6. The highest BCUT2D eigenvalue weighted by Crippen LogP contribution is 2.08. The summed E-state index contributed by atoms with van der Waals surface area (Å²) in [7, 11) is -1.43. The van der Waals surface area contributed by atoms with E-state index < -0.39 is 10.0 Å². The van der Waals surface area contributed by atoms with E-state index in [0.717, 1.165) is 25.8 Å². The average Bonchev–Trinajstić information content (AvgIpc) is 2.75. The van der Waals surface area contributed by atoms with Crippen LogP contribution >= 0.6 is 0 Å². The molecule has 1 fully saturated rings. The van der Waals surface area contributed by atoms with Gasteiger partial charge >= 0.3 is 0 Å². The minimum absolute atomic E-state index is 0.0826. The van der Waals surface area contributed by atoms with Crippen LogP contribution in [-0.4, -0.2) is 48.1 Å². The van der Waals surface area contributed by atoms with E-state index in [9.17, 15) is 8.42 Å². The molecular formula is C11H21N5O2S. The van der Waals surface area contributed by atoms with Crippen LogP contribution in [0, 0.1) is 0 Å². The summed E-state index contributed by atoms with van der Waals surface area (Å²) in [6.45, 7) is 1.26. The molecule has 2 N–H and O–H groups in total. The Kier molecular flexibility index (Phi) is 4.89. The van der Waals surface area contributed by atoms with Crippen LogP contribution in [0.3, 0.4) is 0 Å². The highest BCUT2D eigenvalue weighted by atomic mass is 32.2. The molecule has 1 aliphatic rings. The van der Waals surface area contributed by atoms with Crippen LogP contribution in [0.25, 0.3) is 0 Å². The third kappa shape index (κ3) is 4.88. The molecule has 0 aliphatic carbocycles. The van der Waals surface area contributed by atoms with E-state index in [0.29, 0.717) is 18.8 Å². The summed E-state index contributed by atoms with van der Waals surface area (Å²) in [5, 5.41) is 7.34. The number of nitrogens with zero attached hydrogens (tertiary/aromatic N) is 3. The molecular weight excluding hydrogens is 266 g/mol. The van der Waals surface area contributed by atoms with Crippen LogP contribution in [0.5, 0.6) is 0 Å². The van der Waals surface area contributed by atoms with E-state index in [2.05, 4.69) is 20.1 Å². The van der Waals surface area contributed by atoms with Crippen molar-refractivity contribution in [3.63, 3.8) is 0 Å². The molecule has 7 nitrogen and oxygen atoms in total. The first-order chi connectivity index (χ1) is 9.05. The maximum Gasteiger partial charge on any atom is 0.213 e. The monoisotopic (exact) mass is 287 g/mol.